The minimum atomic E-state index is -1.07. The van der Waals surface area contributed by atoms with Gasteiger partial charge in [-0.05, 0) is 17.9 Å². The van der Waals surface area contributed by atoms with Crippen molar-refractivity contribution < 1.29 is 14.3 Å². The Morgan fingerprint density at radius 2 is 2.15 bits per heavy atom. The first-order valence-corrected chi connectivity index (χ1v) is 9.47. The molecule has 1 aromatic rings. The summed E-state index contributed by atoms with van der Waals surface area (Å²) in [4.78, 5) is 27.7. The number of hydrogen-bond donors (Lipinski definition) is 2. The summed E-state index contributed by atoms with van der Waals surface area (Å²) in [5, 5.41) is 5.89. The summed E-state index contributed by atoms with van der Waals surface area (Å²) >= 11 is 0. The fourth-order valence-corrected chi connectivity index (χ4v) is 3.77. The summed E-state index contributed by atoms with van der Waals surface area (Å²) in [6.07, 6.45) is 0.923. The number of carbonyl (C=O) groups is 2. The van der Waals surface area contributed by atoms with E-state index in [4.69, 9.17) is 4.74 Å². The Labute approximate surface area is 155 Å². The lowest BCUT2D eigenvalue weighted by molar-refractivity contribution is -0.163. The van der Waals surface area contributed by atoms with Crippen molar-refractivity contribution >= 4 is 11.8 Å². The topological polar surface area (TPSA) is 70.7 Å². The lowest BCUT2D eigenvalue weighted by atomic mass is 9.87. The molecule has 2 N–H and O–H groups in total. The number of hydrogen-bond acceptors (Lipinski definition) is 4. The molecule has 0 bridgehead atoms. The van der Waals surface area contributed by atoms with Gasteiger partial charge in [0, 0.05) is 32.7 Å². The zero-order valence-electron chi connectivity index (χ0n) is 15.7. The quantitative estimate of drug-likeness (QED) is 0.800. The van der Waals surface area contributed by atoms with Crippen LogP contribution in [0.4, 0.5) is 0 Å². The van der Waals surface area contributed by atoms with E-state index in [0.29, 0.717) is 45.2 Å². The van der Waals surface area contributed by atoms with Crippen molar-refractivity contribution in [2.75, 3.05) is 32.8 Å². The molecule has 3 rings (SSSR count). The van der Waals surface area contributed by atoms with Crippen molar-refractivity contribution in [2.24, 2.45) is 11.8 Å². The highest BCUT2D eigenvalue weighted by Crippen LogP contribution is 2.34. The van der Waals surface area contributed by atoms with Gasteiger partial charge in [0.05, 0.1) is 12.5 Å². The summed E-state index contributed by atoms with van der Waals surface area (Å²) in [5.41, 5.74) is 0.0920. The van der Waals surface area contributed by atoms with Crippen molar-refractivity contribution in [1.29, 1.82) is 0 Å². The number of likely N-dealkylation sites (tertiary alicyclic amines) is 1. The van der Waals surface area contributed by atoms with Gasteiger partial charge in [-0.15, -0.1) is 0 Å². The smallest absolute Gasteiger partial charge is 0.254 e. The van der Waals surface area contributed by atoms with Crippen LogP contribution in [0.3, 0.4) is 0 Å². The molecule has 6 heteroatoms. The number of ether oxygens (including phenoxy) is 1. The maximum atomic E-state index is 12.8. The van der Waals surface area contributed by atoms with Gasteiger partial charge in [-0.2, -0.15) is 0 Å². The predicted octanol–water partition coefficient (Wildman–Crippen LogP) is 1.17. The Hall–Kier alpha value is -1.92. The van der Waals surface area contributed by atoms with Crippen LogP contribution < -0.4 is 10.6 Å². The molecule has 2 fully saturated rings. The van der Waals surface area contributed by atoms with Gasteiger partial charge in [0.15, 0.2) is 5.60 Å². The standard InChI is InChI=1S/C20H29N3O3/c1-15(2)8-9-21-18(24)17-13-23(12-16-6-4-3-5-7-16)14-20(17)19(25)22-10-11-26-20/h3-7,15,17H,8-14H2,1-2H3,(H,21,24)(H,22,25)/t17-,20-/m1/s1. The van der Waals surface area contributed by atoms with Gasteiger partial charge in [-0.3, -0.25) is 14.5 Å². The zero-order chi connectivity index (χ0) is 18.6. The van der Waals surface area contributed by atoms with E-state index in [9.17, 15) is 9.59 Å². The molecule has 142 valence electrons. The number of nitrogens with zero attached hydrogens (tertiary/aromatic N) is 1. The molecule has 0 saturated carbocycles. The molecule has 2 aliphatic rings. The molecule has 2 amide bonds. The van der Waals surface area contributed by atoms with Gasteiger partial charge in [0.2, 0.25) is 5.91 Å². The third-order valence-electron chi connectivity index (χ3n) is 5.18. The number of benzene rings is 1. The Balaban J connectivity index is 1.73. The van der Waals surface area contributed by atoms with E-state index in [1.165, 1.54) is 5.56 Å². The Morgan fingerprint density at radius 1 is 1.38 bits per heavy atom. The molecule has 0 radical (unpaired) electrons. The number of nitrogens with one attached hydrogen (secondary N) is 2. The minimum Gasteiger partial charge on any atom is -0.361 e. The largest absolute Gasteiger partial charge is 0.361 e. The van der Waals surface area contributed by atoms with E-state index < -0.39 is 11.5 Å². The second kappa shape index (κ2) is 8.18. The van der Waals surface area contributed by atoms with Crippen LogP contribution in [0, 0.1) is 11.8 Å². The third-order valence-corrected chi connectivity index (χ3v) is 5.18. The summed E-state index contributed by atoms with van der Waals surface area (Å²) in [7, 11) is 0. The van der Waals surface area contributed by atoms with E-state index in [0.717, 1.165) is 6.42 Å². The van der Waals surface area contributed by atoms with Crippen molar-refractivity contribution in [3.63, 3.8) is 0 Å². The Morgan fingerprint density at radius 3 is 2.85 bits per heavy atom. The SMILES string of the molecule is CC(C)CCNC(=O)[C@H]1CN(Cc2ccccc2)C[C@@]12OCCNC2=O. The van der Waals surface area contributed by atoms with Crippen molar-refractivity contribution in [2.45, 2.75) is 32.4 Å². The molecular formula is C20H29N3O3. The van der Waals surface area contributed by atoms with Gasteiger partial charge in [0.1, 0.15) is 0 Å². The maximum Gasteiger partial charge on any atom is 0.254 e. The molecule has 0 aliphatic carbocycles. The predicted molar refractivity (Wildman–Crippen MR) is 99.4 cm³/mol. The molecule has 2 saturated heterocycles. The number of amides is 2. The first-order valence-electron chi connectivity index (χ1n) is 9.47. The van der Waals surface area contributed by atoms with Crippen LogP contribution in [-0.4, -0.2) is 55.1 Å². The number of rotatable bonds is 6. The van der Waals surface area contributed by atoms with Crippen molar-refractivity contribution in [1.82, 2.24) is 15.5 Å². The Kier molecular flexibility index (Phi) is 5.94. The number of carbonyl (C=O) groups excluding carboxylic acids is 2. The molecule has 26 heavy (non-hydrogen) atoms. The monoisotopic (exact) mass is 359 g/mol. The van der Waals surface area contributed by atoms with E-state index in [1.54, 1.807) is 0 Å². The molecule has 2 heterocycles. The van der Waals surface area contributed by atoms with Crippen LogP contribution in [0.25, 0.3) is 0 Å². The van der Waals surface area contributed by atoms with Crippen LogP contribution in [0.1, 0.15) is 25.8 Å². The summed E-state index contributed by atoms with van der Waals surface area (Å²) in [6.45, 7) is 7.50. The fraction of sp³-hybridized carbons (Fsp3) is 0.600. The highest BCUT2D eigenvalue weighted by molar-refractivity contribution is 5.94. The minimum absolute atomic E-state index is 0.0849. The average molecular weight is 359 g/mol. The van der Waals surface area contributed by atoms with E-state index in [-0.39, 0.29) is 11.8 Å². The van der Waals surface area contributed by atoms with E-state index >= 15 is 0 Å². The summed E-state index contributed by atoms with van der Waals surface area (Å²) < 4.78 is 5.95. The first kappa shape index (κ1) is 18.9. The van der Waals surface area contributed by atoms with Crippen LogP contribution in [0.5, 0.6) is 0 Å². The first-order chi connectivity index (χ1) is 12.5. The molecule has 0 unspecified atom stereocenters. The molecule has 2 atom stereocenters. The molecule has 1 aromatic carbocycles. The van der Waals surface area contributed by atoms with Gasteiger partial charge < -0.3 is 15.4 Å². The van der Waals surface area contributed by atoms with Crippen LogP contribution >= 0.6 is 0 Å². The normalized spacial score (nSPS) is 26.3. The highest BCUT2D eigenvalue weighted by atomic mass is 16.5. The zero-order valence-corrected chi connectivity index (χ0v) is 15.7. The van der Waals surface area contributed by atoms with Gasteiger partial charge in [-0.25, -0.2) is 0 Å². The third kappa shape index (κ3) is 4.07. The fourth-order valence-electron chi connectivity index (χ4n) is 3.77. The van der Waals surface area contributed by atoms with Gasteiger partial charge >= 0.3 is 0 Å². The highest BCUT2D eigenvalue weighted by Gasteiger charge is 2.57. The van der Waals surface area contributed by atoms with E-state index in [1.807, 2.05) is 18.2 Å². The maximum absolute atomic E-state index is 12.8. The molecule has 1 spiro atoms. The van der Waals surface area contributed by atoms with Crippen molar-refractivity contribution in [3.8, 4) is 0 Å². The van der Waals surface area contributed by atoms with Crippen molar-refractivity contribution in [3.05, 3.63) is 35.9 Å². The molecular weight excluding hydrogens is 330 g/mol. The van der Waals surface area contributed by atoms with Crippen LogP contribution in [-0.2, 0) is 20.9 Å². The lowest BCUT2D eigenvalue weighted by Crippen LogP contribution is -2.62. The van der Waals surface area contributed by atoms with Crippen LogP contribution in [0.2, 0.25) is 0 Å². The average Bonchev–Trinajstić information content (AvgIpc) is 2.97. The summed E-state index contributed by atoms with van der Waals surface area (Å²) in [5.74, 6) is -0.211. The molecule has 0 aromatic heterocycles. The Bertz CT molecular complexity index is 634. The molecule has 2 aliphatic heterocycles. The van der Waals surface area contributed by atoms with Gasteiger partial charge in [-0.1, -0.05) is 44.2 Å². The van der Waals surface area contributed by atoms with E-state index in [2.05, 4.69) is 41.5 Å². The second-order valence-corrected chi connectivity index (χ2v) is 7.68. The lowest BCUT2D eigenvalue weighted by Gasteiger charge is -2.36. The van der Waals surface area contributed by atoms with Crippen LogP contribution in [0.15, 0.2) is 30.3 Å². The second-order valence-electron chi connectivity index (χ2n) is 7.68. The number of morpholine rings is 1. The summed E-state index contributed by atoms with van der Waals surface area (Å²) in [6, 6.07) is 10.1. The van der Waals surface area contributed by atoms with Gasteiger partial charge in [0.25, 0.3) is 5.91 Å². The molecule has 6 nitrogen and oxygen atoms in total.